The van der Waals surface area contributed by atoms with Gasteiger partial charge in [-0.1, -0.05) is 30.3 Å². The number of benzene rings is 1. The Hall–Kier alpha value is -1.90. The molecule has 0 spiro atoms. The first-order chi connectivity index (χ1) is 6.72. The van der Waals surface area contributed by atoms with Crippen molar-refractivity contribution in [2.45, 2.75) is 6.92 Å². The molecule has 1 rings (SSSR count). The second kappa shape index (κ2) is 4.97. The number of carbonyl (C=O) groups excluding carboxylic acids is 2. The summed E-state index contributed by atoms with van der Waals surface area (Å²) in [5.41, 5.74) is 0.989. The van der Waals surface area contributed by atoms with Crippen molar-refractivity contribution in [3.05, 3.63) is 41.6 Å². The molecule has 0 bridgehead atoms. The van der Waals surface area contributed by atoms with E-state index >= 15 is 0 Å². The summed E-state index contributed by atoms with van der Waals surface area (Å²) < 4.78 is 0. The first-order valence-corrected chi connectivity index (χ1v) is 4.15. The van der Waals surface area contributed by atoms with E-state index in [1.807, 2.05) is 30.3 Å². The maximum Gasteiger partial charge on any atom is 0.251 e. The van der Waals surface area contributed by atoms with Crippen molar-refractivity contribution in [1.29, 1.82) is 0 Å². The largest absolute Gasteiger partial charge is 0.323 e. The van der Waals surface area contributed by atoms with Crippen LogP contribution in [-0.2, 0) is 9.59 Å². The van der Waals surface area contributed by atoms with Crippen LogP contribution in [0, 0.1) is 0 Å². The minimum absolute atomic E-state index is 0.142. The van der Waals surface area contributed by atoms with Gasteiger partial charge >= 0.3 is 0 Å². The zero-order valence-corrected chi connectivity index (χ0v) is 7.78. The highest BCUT2D eigenvalue weighted by Crippen LogP contribution is 2.02. The van der Waals surface area contributed by atoms with Gasteiger partial charge in [0.15, 0.2) is 0 Å². The fraction of sp³-hybridized carbons (Fsp3) is 0.0909. The molecule has 1 amide bonds. The zero-order valence-electron chi connectivity index (χ0n) is 7.78. The molecule has 0 aliphatic carbocycles. The van der Waals surface area contributed by atoms with Gasteiger partial charge in [0, 0.05) is 6.92 Å². The SMILES string of the molecule is CC(=O)NC([C]=O)=Cc1ccccc1. The molecule has 0 saturated heterocycles. The minimum atomic E-state index is -0.282. The van der Waals surface area contributed by atoms with Crippen molar-refractivity contribution >= 4 is 18.3 Å². The third kappa shape index (κ3) is 3.23. The van der Waals surface area contributed by atoms with Gasteiger partial charge in [0.1, 0.15) is 0 Å². The number of nitrogens with one attached hydrogen (secondary N) is 1. The summed E-state index contributed by atoms with van der Waals surface area (Å²) in [6.45, 7) is 1.34. The molecule has 14 heavy (non-hydrogen) atoms. The molecule has 1 N–H and O–H groups in total. The van der Waals surface area contributed by atoms with Crippen LogP contribution in [0.1, 0.15) is 12.5 Å². The Morgan fingerprint density at radius 2 is 2.00 bits per heavy atom. The van der Waals surface area contributed by atoms with Gasteiger partial charge in [-0.3, -0.25) is 9.59 Å². The Balaban J connectivity index is 2.84. The van der Waals surface area contributed by atoms with Gasteiger partial charge in [-0.15, -0.1) is 0 Å². The molecule has 1 radical (unpaired) electrons. The number of hydrogen-bond donors (Lipinski definition) is 1. The Kier molecular flexibility index (Phi) is 3.61. The highest BCUT2D eigenvalue weighted by Gasteiger charge is 1.98. The number of allylic oxidation sites excluding steroid dienone is 1. The van der Waals surface area contributed by atoms with Crippen LogP contribution >= 0.6 is 0 Å². The quantitative estimate of drug-likeness (QED) is 0.726. The van der Waals surface area contributed by atoms with Crippen LogP contribution in [0.3, 0.4) is 0 Å². The van der Waals surface area contributed by atoms with Crippen molar-refractivity contribution in [2.24, 2.45) is 0 Å². The van der Waals surface area contributed by atoms with Gasteiger partial charge in [0.05, 0.1) is 5.70 Å². The molecule has 71 valence electrons. The molecular weight excluding hydrogens is 178 g/mol. The molecule has 3 nitrogen and oxygen atoms in total. The van der Waals surface area contributed by atoms with Gasteiger partial charge in [-0.2, -0.15) is 0 Å². The maximum atomic E-state index is 10.7. The van der Waals surface area contributed by atoms with Crippen LogP contribution in [0.15, 0.2) is 36.0 Å². The lowest BCUT2D eigenvalue weighted by molar-refractivity contribution is -0.118. The Morgan fingerprint density at radius 1 is 1.36 bits per heavy atom. The van der Waals surface area contributed by atoms with Crippen LogP contribution in [0.4, 0.5) is 0 Å². The van der Waals surface area contributed by atoms with Crippen LogP contribution in [0.5, 0.6) is 0 Å². The predicted molar refractivity (Wildman–Crippen MR) is 53.9 cm³/mol. The van der Waals surface area contributed by atoms with E-state index in [1.54, 1.807) is 12.4 Å². The monoisotopic (exact) mass is 188 g/mol. The zero-order chi connectivity index (χ0) is 10.4. The fourth-order valence-electron chi connectivity index (χ4n) is 0.997. The minimum Gasteiger partial charge on any atom is -0.323 e. The summed E-state index contributed by atoms with van der Waals surface area (Å²) in [7, 11) is 0. The maximum absolute atomic E-state index is 10.7. The smallest absolute Gasteiger partial charge is 0.251 e. The van der Waals surface area contributed by atoms with Gasteiger partial charge < -0.3 is 5.32 Å². The normalized spacial score (nSPS) is 10.8. The van der Waals surface area contributed by atoms with Crippen LogP contribution in [0.25, 0.3) is 6.08 Å². The van der Waals surface area contributed by atoms with Gasteiger partial charge in [0.25, 0.3) is 6.29 Å². The Labute approximate surface area is 82.4 Å². The molecule has 3 heteroatoms. The molecule has 0 atom stereocenters. The average molecular weight is 188 g/mol. The molecule has 0 fully saturated rings. The molecule has 0 saturated carbocycles. The third-order valence-electron chi connectivity index (χ3n) is 1.53. The topological polar surface area (TPSA) is 46.2 Å². The summed E-state index contributed by atoms with van der Waals surface area (Å²) >= 11 is 0. The van der Waals surface area contributed by atoms with Crippen LogP contribution in [0.2, 0.25) is 0 Å². The first-order valence-electron chi connectivity index (χ1n) is 4.15. The first kappa shape index (κ1) is 10.2. The summed E-state index contributed by atoms with van der Waals surface area (Å²) in [6, 6.07) is 9.24. The van der Waals surface area contributed by atoms with Crippen molar-refractivity contribution in [1.82, 2.24) is 5.32 Å². The molecule has 1 aromatic carbocycles. The lowest BCUT2D eigenvalue weighted by atomic mass is 10.2. The molecule has 0 aliphatic rings. The lowest BCUT2D eigenvalue weighted by Gasteiger charge is -1.98. The van der Waals surface area contributed by atoms with Gasteiger partial charge in [-0.25, -0.2) is 0 Å². The molecule has 0 aliphatic heterocycles. The predicted octanol–water partition coefficient (Wildman–Crippen LogP) is 1.27. The Bertz CT molecular complexity index is 355. The average Bonchev–Trinajstić information content (AvgIpc) is 2.17. The van der Waals surface area contributed by atoms with E-state index < -0.39 is 0 Å². The van der Waals surface area contributed by atoms with E-state index in [1.165, 1.54) is 6.92 Å². The summed E-state index contributed by atoms with van der Waals surface area (Å²) in [5.74, 6) is -0.282. The lowest BCUT2D eigenvalue weighted by Crippen LogP contribution is -2.19. The number of amides is 1. The van der Waals surface area contributed by atoms with Crippen LogP contribution < -0.4 is 5.32 Å². The highest BCUT2D eigenvalue weighted by molar-refractivity contribution is 5.89. The van der Waals surface area contributed by atoms with Gasteiger partial charge in [0.2, 0.25) is 5.91 Å². The van der Waals surface area contributed by atoms with Crippen molar-refractivity contribution in [3.8, 4) is 0 Å². The van der Waals surface area contributed by atoms with E-state index in [2.05, 4.69) is 5.32 Å². The molecule has 0 aromatic heterocycles. The van der Waals surface area contributed by atoms with Crippen molar-refractivity contribution < 1.29 is 9.59 Å². The third-order valence-corrected chi connectivity index (χ3v) is 1.53. The number of carbonyl (C=O) groups is 1. The van der Waals surface area contributed by atoms with Gasteiger partial charge in [-0.05, 0) is 11.6 Å². The highest BCUT2D eigenvalue weighted by atomic mass is 16.2. The number of hydrogen-bond acceptors (Lipinski definition) is 2. The molecule has 0 unspecified atom stereocenters. The second-order valence-corrected chi connectivity index (χ2v) is 2.75. The Morgan fingerprint density at radius 3 is 2.50 bits per heavy atom. The molecule has 0 heterocycles. The second-order valence-electron chi connectivity index (χ2n) is 2.75. The van der Waals surface area contributed by atoms with E-state index in [-0.39, 0.29) is 11.6 Å². The summed E-state index contributed by atoms with van der Waals surface area (Å²) in [4.78, 5) is 21.1. The van der Waals surface area contributed by atoms with Crippen molar-refractivity contribution in [2.75, 3.05) is 0 Å². The van der Waals surface area contributed by atoms with E-state index in [0.29, 0.717) is 0 Å². The van der Waals surface area contributed by atoms with E-state index in [9.17, 15) is 9.59 Å². The standard InChI is InChI=1S/C11H10NO2/c1-9(14)12-11(8-13)7-10-5-3-2-4-6-10/h2-7H,1H3,(H,12,14). The summed E-state index contributed by atoms with van der Waals surface area (Å²) in [6.07, 6.45) is 3.22. The van der Waals surface area contributed by atoms with E-state index in [4.69, 9.17) is 0 Å². The van der Waals surface area contributed by atoms with Crippen molar-refractivity contribution in [3.63, 3.8) is 0 Å². The fourth-order valence-corrected chi connectivity index (χ4v) is 0.997. The summed E-state index contributed by atoms with van der Waals surface area (Å²) in [5, 5.41) is 2.38. The molecule has 1 aromatic rings. The number of rotatable bonds is 3. The molecular formula is C11H10NO2. The van der Waals surface area contributed by atoms with Crippen LogP contribution in [-0.4, -0.2) is 12.2 Å². The van der Waals surface area contributed by atoms with E-state index in [0.717, 1.165) is 5.56 Å².